The molecule has 0 atom stereocenters. The number of aryl methyl sites for hydroxylation is 1. The molecule has 253 valence electrons. The van der Waals surface area contributed by atoms with Crippen molar-refractivity contribution < 1.29 is 64.1 Å². The summed E-state index contributed by atoms with van der Waals surface area (Å²) >= 11 is 0. The molecule has 0 fully saturated rings. The maximum Gasteiger partial charge on any atom is 0.379 e. The number of halogens is 8. The molecule has 6 nitrogen and oxygen atoms in total. The predicted molar refractivity (Wildman–Crippen MR) is 152 cm³/mol. The number of hydrogen-bond donors (Lipinski definition) is 1. The number of rotatable bonds is 8. The van der Waals surface area contributed by atoms with Crippen molar-refractivity contribution in [3.8, 4) is 11.5 Å². The number of aliphatic carboxylic acids is 1. The van der Waals surface area contributed by atoms with Gasteiger partial charge in [-0.1, -0.05) is 70.5 Å². The fraction of sp³-hybridized carbons (Fsp3) is 0.344. The van der Waals surface area contributed by atoms with Crippen LogP contribution in [0, 0.1) is 17.7 Å². The summed E-state index contributed by atoms with van der Waals surface area (Å²) in [4.78, 5) is 29.9. The highest BCUT2D eigenvalue weighted by Crippen LogP contribution is 2.21. The molecule has 0 unspecified atom stereocenters. The van der Waals surface area contributed by atoms with E-state index in [2.05, 4.69) is 55.4 Å². The van der Waals surface area contributed by atoms with Crippen molar-refractivity contribution in [1.82, 2.24) is 0 Å². The van der Waals surface area contributed by atoms with Crippen LogP contribution in [-0.2, 0) is 26.2 Å². The van der Waals surface area contributed by atoms with Gasteiger partial charge in [0.15, 0.2) is 0 Å². The van der Waals surface area contributed by atoms with Gasteiger partial charge in [0.1, 0.15) is 23.1 Å². The summed E-state index contributed by atoms with van der Waals surface area (Å²) in [5, 5.41) is 7.24. The summed E-state index contributed by atoms with van der Waals surface area (Å²) in [7, 11) is 0. The van der Waals surface area contributed by atoms with Crippen LogP contribution in [0.2, 0.25) is 0 Å². The molecule has 3 aromatic carbocycles. The first-order valence-corrected chi connectivity index (χ1v) is 13.4. The van der Waals surface area contributed by atoms with Gasteiger partial charge in [-0.15, -0.1) is 0 Å². The Hall–Kier alpha value is -4.49. The summed E-state index contributed by atoms with van der Waals surface area (Å²) in [6.45, 7) is 8.73. The van der Waals surface area contributed by atoms with Crippen molar-refractivity contribution in [3.63, 3.8) is 0 Å². The van der Waals surface area contributed by atoms with E-state index in [4.69, 9.17) is 9.90 Å². The number of ether oxygens (including phenoxy) is 2. The van der Waals surface area contributed by atoms with Gasteiger partial charge in [-0.05, 0) is 47.6 Å². The molecule has 0 aliphatic heterocycles. The first-order valence-electron chi connectivity index (χ1n) is 13.4. The molecule has 0 saturated carbocycles. The van der Waals surface area contributed by atoms with Crippen molar-refractivity contribution in [2.45, 2.75) is 71.6 Å². The second kappa shape index (κ2) is 21.3. The summed E-state index contributed by atoms with van der Waals surface area (Å²) in [6.07, 6.45) is -6.52. The van der Waals surface area contributed by atoms with Gasteiger partial charge >= 0.3 is 37.2 Å². The third kappa shape index (κ3) is 19.0. The molecule has 1 radical (unpaired) electrons. The highest BCUT2D eigenvalue weighted by Gasteiger charge is 2.19. The molecule has 3 rings (SSSR count). The highest BCUT2D eigenvalue weighted by molar-refractivity contribution is 5.76. The van der Waals surface area contributed by atoms with Crippen LogP contribution >= 0.6 is 0 Å². The van der Waals surface area contributed by atoms with Crippen molar-refractivity contribution >= 4 is 17.9 Å². The Morgan fingerprint density at radius 3 is 1.52 bits per heavy atom. The van der Waals surface area contributed by atoms with Crippen LogP contribution in [0.5, 0.6) is 11.5 Å². The van der Waals surface area contributed by atoms with E-state index in [1.54, 1.807) is 12.1 Å². The number of unbranched alkanes of at least 4 members (excludes halogenated alkanes) is 1. The lowest BCUT2D eigenvalue weighted by atomic mass is 9.87. The normalized spacial score (nSPS) is 10.5. The van der Waals surface area contributed by atoms with E-state index < -0.39 is 54.6 Å². The quantitative estimate of drug-likeness (QED) is 0.148. The lowest BCUT2D eigenvalue weighted by Crippen LogP contribution is -2.17. The van der Waals surface area contributed by atoms with Gasteiger partial charge < -0.3 is 14.6 Å². The largest absolute Gasteiger partial charge is 0.477 e. The highest BCUT2D eigenvalue weighted by atomic mass is 19.3. The standard InChI is InChI=1S/C12H14F2O2.C10H13.C8H4F4O2.C2H2F2O2/c1-2-3-4-9-5-7-10(8-6-9)16-12(15)11(13)14;1-10(2,3)9-7-5-4-6-8-9;9-4-1-5(10)3-6(2-4)14-8(13)7(11)12;3-1(4)2(5)6/h5-8,11H,2-4H2,1H3;5-8H,1-3H3;1-3,7H;1H,(H,5,6). The molecule has 0 aromatic heterocycles. The zero-order valence-electron chi connectivity index (χ0n) is 25.2. The third-order valence-electron chi connectivity index (χ3n) is 5.14. The van der Waals surface area contributed by atoms with Crippen LogP contribution in [0.15, 0.2) is 66.7 Å². The molecule has 3 aromatic rings. The fourth-order valence-corrected chi connectivity index (χ4v) is 2.90. The Kier molecular flexibility index (Phi) is 19.2. The number of carbonyl (C=O) groups is 3. The number of carboxylic acids is 1. The second-order valence-corrected chi connectivity index (χ2v) is 9.97. The Morgan fingerprint density at radius 2 is 1.17 bits per heavy atom. The minimum Gasteiger partial charge on any atom is -0.477 e. The molecule has 14 heteroatoms. The van der Waals surface area contributed by atoms with E-state index in [-0.39, 0.29) is 11.2 Å². The Labute approximate surface area is 261 Å². The summed E-state index contributed by atoms with van der Waals surface area (Å²) in [5.41, 5.74) is 2.75. The van der Waals surface area contributed by atoms with Crippen molar-refractivity contribution in [1.29, 1.82) is 0 Å². The number of esters is 2. The minimum absolute atomic E-state index is 0.158. The van der Waals surface area contributed by atoms with Gasteiger partial charge in [0, 0.05) is 18.2 Å². The maximum absolute atomic E-state index is 12.5. The molecule has 0 saturated heterocycles. The van der Waals surface area contributed by atoms with E-state index >= 15 is 0 Å². The maximum atomic E-state index is 12.5. The minimum atomic E-state index is -3.33. The number of alkyl halides is 6. The molecule has 0 aliphatic rings. The van der Waals surface area contributed by atoms with E-state index in [0.717, 1.165) is 24.8 Å². The molecule has 0 aliphatic carbocycles. The van der Waals surface area contributed by atoms with Crippen LogP contribution in [0.1, 0.15) is 51.7 Å². The Morgan fingerprint density at radius 1 is 0.739 bits per heavy atom. The smallest absolute Gasteiger partial charge is 0.379 e. The van der Waals surface area contributed by atoms with Gasteiger partial charge in [-0.25, -0.2) is 23.2 Å². The number of benzene rings is 3. The van der Waals surface area contributed by atoms with Gasteiger partial charge in [-0.3, -0.25) is 0 Å². The molecule has 0 spiro atoms. The summed E-state index contributed by atoms with van der Waals surface area (Å²) < 4.78 is 102. The van der Waals surface area contributed by atoms with E-state index in [0.29, 0.717) is 18.2 Å². The Balaban J connectivity index is 0.000000618. The van der Waals surface area contributed by atoms with Gasteiger partial charge in [0.2, 0.25) is 0 Å². The number of carboxylic acid groups (broad SMARTS) is 1. The first-order chi connectivity index (χ1) is 21.4. The molecular weight excluding hydrogens is 632 g/mol. The number of hydrogen-bond acceptors (Lipinski definition) is 5. The number of carbonyl (C=O) groups excluding carboxylic acids is 2. The average Bonchev–Trinajstić information content (AvgIpc) is 2.97. The van der Waals surface area contributed by atoms with Crippen LogP contribution in [0.25, 0.3) is 0 Å². The molecular formula is C32H33F8O6. The molecule has 1 N–H and O–H groups in total. The fourth-order valence-electron chi connectivity index (χ4n) is 2.90. The van der Waals surface area contributed by atoms with Gasteiger partial charge in [0.05, 0.1) is 0 Å². The van der Waals surface area contributed by atoms with E-state index in [1.807, 2.05) is 12.1 Å². The lowest BCUT2D eigenvalue weighted by molar-refractivity contribution is -0.149. The van der Waals surface area contributed by atoms with E-state index in [1.165, 1.54) is 17.7 Å². The molecule has 0 amide bonds. The molecule has 0 heterocycles. The Bertz CT molecular complexity index is 1310. The third-order valence-corrected chi connectivity index (χ3v) is 5.14. The van der Waals surface area contributed by atoms with Gasteiger partial charge in [-0.2, -0.15) is 26.3 Å². The van der Waals surface area contributed by atoms with Crippen molar-refractivity contribution in [2.24, 2.45) is 0 Å². The average molecular weight is 666 g/mol. The predicted octanol–water partition coefficient (Wildman–Crippen LogP) is 8.46. The summed E-state index contributed by atoms with van der Waals surface area (Å²) in [5.74, 6) is -7.89. The zero-order chi connectivity index (χ0) is 35.4. The van der Waals surface area contributed by atoms with Crippen LogP contribution in [-0.4, -0.2) is 42.3 Å². The van der Waals surface area contributed by atoms with Gasteiger partial charge in [0.25, 0.3) is 0 Å². The van der Waals surface area contributed by atoms with Crippen molar-refractivity contribution in [2.75, 3.05) is 0 Å². The molecule has 46 heavy (non-hydrogen) atoms. The summed E-state index contributed by atoms with van der Waals surface area (Å²) in [6, 6.07) is 19.6. The second-order valence-electron chi connectivity index (χ2n) is 9.97. The monoisotopic (exact) mass is 665 g/mol. The van der Waals surface area contributed by atoms with Crippen molar-refractivity contribution in [3.05, 3.63) is 95.6 Å². The SMILES string of the molecule is CC(C)(C)c1cc[c]cc1.CCCCc1ccc(OC(=O)C(F)F)cc1.O=C(O)C(F)F.O=C(Oc1cc(F)cc(F)c1)C(F)F. The van der Waals surface area contributed by atoms with Crippen LogP contribution in [0.3, 0.4) is 0 Å². The lowest BCUT2D eigenvalue weighted by Gasteiger charge is -2.17. The topological polar surface area (TPSA) is 89.9 Å². The first kappa shape index (κ1) is 41.5. The van der Waals surface area contributed by atoms with Crippen LogP contribution < -0.4 is 9.47 Å². The van der Waals surface area contributed by atoms with E-state index in [9.17, 15) is 44.7 Å². The molecule has 0 bridgehead atoms. The zero-order valence-corrected chi connectivity index (χ0v) is 25.2. The van der Waals surface area contributed by atoms with Crippen LogP contribution in [0.4, 0.5) is 35.1 Å².